The standard InChI is InChI=1S/C27H48O3S/c1-4-5-6-7-8-9-10-11-12-13-14-15-16-18-21-25(2)27(3,31(28,29)30)24-26-22-19-17-20-23-26/h17,19-20,22-23,25H,4-16,18,21,24H2,1-3H3,(H,28,29,30). The molecular weight excluding hydrogens is 404 g/mol. The monoisotopic (exact) mass is 452 g/mol. The van der Waals surface area contributed by atoms with E-state index in [4.69, 9.17) is 0 Å². The van der Waals surface area contributed by atoms with Gasteiger partial charge in [-0.05, 0) is 31.2 Å². The Hall–Kier alpha value is -0.870. The molecule has 0 fully saturated rings. The minimum absolute atomic E-state index is 0.0833. The Morgan fingerprint density at radius 1 is 0.774 bits per heavy atom. The van der Waals surface area contributed by atoms with Gasteiger partial charge in [0, 0.05) is 0 Å². The molecule has 1 aromatic rings. The van der Waals surface area contributed by atoms with Gasteiger partial charge in [-0.2, -0.15) is 8.42 Å². The molecule has 0 aromatic heterocycles. The molecule has 0 amide bonds. The van der Waals surface area contributed by atoms with Crippen molar-refractivity contribution in [1.82, 2.24) is 0 Å². The zero-order chi connectivity index (χ0) is 23.0. The van der Waals surface area contributed by atoms with Crippen LogP contribution in [0, 0.1) is 5.92 Å². The van der Waals surface area contributed by atoms with Gasteiger partial charge in [0.05, 0.1) is 0 Å². The summed E-state index contributed by atoms with van der Waals surface area (Å²) >= 11 is 0. The van der Waals surface area contributed by atoms with E-state index in [1.54, 1.807) is 6.92 Å². The maximum absolute atomic E-state index is 12.2. The molecule has 1 N–H and O–H groups in total. The molecule has 3 nitrogen and oxygen atoms in total. The van der Waals surface area contributed by atoms with Crippen molar-refractivity contribution in [2.24, 2.45) is 5.92 Å². The Balaban J connectivity index is 2.17. The zero-order valence-corrected chi connectivity index (χ0v) is 21.3. The second-order valence-electron chi connectivity index (χ2n) is 9.74. The number of hydrogen-bond donors (Lipinski definition) is 1. The minimum atomic E-state index is -4.13. The molecule has 0 heterocycles. The van der Waals surface area contributed by atoms with Crippen molar-refractivity contribution in [2.75, 3.05) is 0 Å². The van der Waals surface area contributed by atoms with Crippen LogP contribution >= 0.6 is 0 Å². The van der Waals surface area contributed by atoms with Gasteiger partial charge in [-0.1, -0.05) is 134 Å². The molecule has 0 saturated carbocycles. The molecule has 2 unspecified atom stereocenters. The predicted molar refractivity (Wildman–Crippen MR) is 134 cm³/mol. The Morgan fingerprint density at radius 3 is 1.61 bits per heavy atom. The Morgan fingerprint density at radius 2 is 1.19 bits per heavy atom. The van der Waals surface area contributed by atoms with E-state index < -0.39 is 14.9 Å². The van der Waals surface area contributed by atoms with Gasteiger partial charge in [0.15, 0.2) is 0 Å². The maximum Gasteiger partial charge on any atom is 0.270 e. The van der Waals surface area contributed by atoms with E-state index in [9.17, 15) is 13.0 Å². The fourth-order valence-electron chi connectivity index (χ4n) is 4.47. The number of rotatable bonds is 19. The summed E-state index contributed by atoms with van der Waals surface area (Å²) in [6.45, 7) is 5.94. The molecule has 1 rings (SSSR count). The summed E-state index contributed by atoms with van der Waals surface area (Å²) in [5, 5.41) is 0. The first-order valence-electron chi connectivity index (χ1n) is 12.8. The van der Waals surface area contributed by atoms with Gasteiger partial charge in [-0.3, -0.25) is 4.55 Å². The van der Waals surface area contributed by atoms with Gasteiger partial charge in [-0.25, -0.2) is 0 Å². The lowest BCUT2D eigenvalue weighted by Gasteiger charge is -2.33. The van der Waals surface area contributed by atoms with Crippen molar-refractivity contribution in [3.8, 4) is 0 Å². The summed E-state index contributed by atoms with van der Waals surface area (Å²) in [4.78, 5) is 0. The molecule has 0 saturated heterocycles. The second kappa shape index (κ2) is 15.9. The van der Waals surface area contributed by atoms with Gasteiger partial charge in [-0.15, -0.1) is 0 Å². The van der Waals surface area contributed by atoms with Crippen LogP contribution in [0.4, 0.5) is 0 Å². The third-order valence-electron chi connectivity index (χ3n) is 7.02. The van der Waals surface area contributed by atoms with Crippen LogP contribution in [0.25, 0.3) is 0 Å². The molecule has 0 aliphatic heterocycles. The molecule has 0 aliphatic rings. The fraction of sp³-hybridized carbons (Fsp3) is 0.778. The third kappa shape index (κ3) is 11.5. The molecule has 1 aromatic carbocycles. The van der Waals surface area contributed by atoms with Crippen LogP contribution in [0.1, 0.15) is 123 Å². The first-order valence-corrected chi connectivity index (χ1v) is 14.3. The van der Waals surface area contributed by atoms with Crippen LogP contribution in [-0.4, -0.2) is 17.7 Å². The molecular formula is C27H48O3S. The highest BCUT2D eigenvalue weighted by molar-refractivity contribution is 7.87. The van der Waals surface area contributed by atoms with Crippen molar-refractivity contribution in [1.29, 1.82) is 0 Å². The summed E-state index contributed by atoms with van der Waals surface area (Å²) in [6, 6.07) is 9.62. The van der Waals surface area contributed by atoms with Crippen LogP contribution in [0.3, 0.4) is 0 Å². The van der Waals surface area contributed by atoms with Crippen molar-refractivity contribution in [3.63, 3.8) is 0 Å². The number of benzene rings is 1. The third-order valence-corrected chi connectivity index (χ3v) is 8.75. The lowest BCUT2D eigenvalue weighted by molar-refractivity contribution is 0.332. The summed E-state index contributed by atoms with van der Waals surface area (Å²) in [5.74, 6) is -0.0833. The Bertz CT molecular complexity index is 656. The van der Waals surface area contributed by atoms with Gasteiger partial charge < -0.3 is 0 Å². The normalized spacial score (nSPS) is 15.0. The summed E-state index contributed by atoms with van der Waals surface area (Å²) < 4.78 is 33.2. The van der Waals surface area contributed by atoms with Crippen LogP contribution in [-0.2, 0) is 16.5 Å². The lowest BCUT2D eigenvalue weighted by atomic mass is 9.85. The highest BCUT2D eigenvalue weighted by Gasteiger charge is 2.42. The van der Waals surface area contributed by atoms with Crippen LogP contribution in [0.2, 0.25) is 0 Å². The van der Waals surface area contributed by atoms with Gasteiger partial charge >= 0.3 is 0 Å². The molecule has 4 heteroatoms. The number of hydrogen-bond acceptors (Lipinski definition) is 2. The molecule has 180 valence electrons. The SMILES string of the molecule is CCCCCCCCCCCCCCCCC(C)C(C)(Cc1ccccc1)S(=O)(=O)O. The van der Waals surface area contributed by atoms with E-state index in [1.165, 1.54) is 77.0 Å². The van der Waals surface area contributed by atoms with Crippen LogP contribution in [0.5, 0.6) is 0 Å². The van der Waals surface area contributed by atoms with Gasteiger partial charge in [0.2, 0.25) is 0 Å². The molecule has 0 bridgehead atoms. The van der Waals surface area contributed by atoms with E-state index in [1.807, 2.05) is 37.3 Å². The maximum atomic E-state index is 12.2. The Labute approximate surface area is 193 Å². The van der Waals surface area contributed by atoms with E-state index in [0.717, 1.165) is 24.8 Å². The Kier molecular flexibility index (Phi) is 14.4. The highest BCUT2D eigenvalue weighted by atomic mass is 32.2. The zero-order valence-electron chi connectivity index (χ0n) is 20.4. The minimum Gasteiger partial charge on any atom is -0.285 e. The summed E-state index contributed by atoms with van der Waals surface area (Å²) in [7, 11) is -4.13. The smallest absolute Gasteiger partial charge is 0.270 e. The first kappa shape index (κ1) is 28.2. The quantitative estimate of drug-likeness (QED) is 0.169. The second-order valence-corrected chi connectivity index (χ2v) is 11.6. The topological polar surface area (TPSA) is 54.4 Å². The summed E-state index contributed by atoms with van der Waals surface area (Å²) in [6.07, 6.45) is 19.6. The van der Waals surface area contributed by atoms with Crippen molar-refractivity contribution in [2.45, 2.75) is 128 Å². The number of unbranched alkanes of at least 4 members (excludes halogenated alkanes) is 13. The van der Waals surface area contributed by atoms with Crippen molar-refractivity contribution >= 4 is 10.1 Å². The molecule has 31 heavy (non-hydrogen) atoms. The van der Waals surface area contributed by atoms with Crippen molar-refractivity contribution < 1.29 is 13.0 Å². The summed E-state index contributed by atoms with van der Waals surface area (Å²) in [5.41, 5.74) is 0.954. The highest BCUT2D eigenvalue weighted by Crippen LogP contribution is 2.33. The molecule has 0 aliphatic carbocycles. The van der Waals surface area contributed by atoms with Gasteiger partial charge in [0.25, 0.3) is 10.1 Å². The van der Waals surface area contributed by atoms with E-state index in [0.29, 0.717) is 6.42 Å². The molecule has 2 atom stereocenters. The fourth-order valence-corrected chi connectivity index (χ4v) is 5.45. The van der Waals surface area contributed by atoms with E-state index in [-0.39, 0.29) is 5.92 Å². The van der Waals surface area contributed by atoms with Crippen LogP contribution in [0.15, 0.2) is 30.3 Å². The van der Waals surface area contributed by atoms with E-state index >= 15 is 0 Å². The largest absolute Gasteiger partial charge is 0.285 e. The molecule has 0 spiro atoms. The predicted octanol–water partition coefficient (Wildman–Crippen LogP) is 8.38. The lowest BCUT2D eigenvalue weighted by Crippen LogP contribution is -2.43. The van der Waals surface area contributed by atoms with Gasteiger partial charge in [0.1, 0.15) is 4.75 Å². The average molecular weight is 453 g/mol. The van der Waals surface area contributed by atoms with Crippen LogP contribution < -0.4 is 0 Å². The average Bonchev–Trinajstić information content (AvgIpc) is 2.73. The molecule has 0 radical (unpaired) electrons. The first-order chi connectivity index (χ1) is 14.8. The van der Waals surface area contributed by atoms with E-state index in [2.05, 4.69) is 6.92 Å². The van der Waals surface area contributed by atoms with Crippen molar-refractivity contribution in [3.05, 3.63) is 35.9 Å².